The normalized spacial score (nSPS) is 14.5. The van der Waals surface area contributed by atoms with Crippen LogP contribution in [0.25, 0.3) is 11.1 Å². The molecule has 3 aromatic carbocycles. The smallest absolute Gasteiger partial charge is 0.227 e. The van der Waals surface area contributed by atoms with Gasteiger partial charge in [-0.3, -0.25) is 4.79 Å². The number of halogens is 2. The zero-order valence-corrected chi connectivity index (χ0v) is 20.5. The Balaban J connectivity index is 0.00000324. The molecule has 6 heteroatoms. The van der Waals surface area contributed by atoms with E-state index in [0.717, 1.165) is 48.3 Å². The molecular formula is C28H32ClFN2O2. The number of benzene rings is 3. The van der Waals surface area contributed by atoms with Crippen LogP contribution in [0.3, 0.4) is 0 Å². The van der Waals surface area contributed by atoms with Crippen molar-refractivity contribution in [1.82, 2.24) is 4.90 Å². The molecule has 1 amide bonds. The highest BCUT2D eigenvalue weighted by Gasteiger charge is 2.26. The Kier molecular flexibility index (Phi) is 9.08. The molecule has 1 N–H and O–H groups in total. The molecule has 0 aliphatic carbocycles. The number of amides is 1. The Morgan fingerprint density at radius 2 is 1.62 bits per heavy atom. The van der Waals surface area contributed by atoms with Gasteiger partial charge in [-0.2, -0.15) is 0 Å². The second-order valence-electron chi connectivity index (χ2n) is 8.91. The number of ether oxygens (including phenoxy) is 1. The molecule has 1 saturated heterocycles. The third-order valence-electron chi connectivity index (χ3n) is 6.27. The van der Waals surface area contributed by atoms with E-state index in [1.54, 1.807) is 12.1 Å². The first-order valence-electron chi connectivity index (χ1n) is 11.6. The van der Waals surface area contributed by atoms with Crippen molar-refractivity contribution in [1.29, 1.82) is 0 Å². The standard InChI is InChI=1S/C28H31FN2O2.ClH/c1-20(2)31-16-14-24(15-17-31)28(32)30-26-4-3-5-27(18-26)33-19-21-6-8-22(9-7-21)23-10-12-25(29)13-11-23;/h3-13,18,20,24H,14-17,19H2,1-2H3,(H,30,32);1H. The molecule has 180 valence electrons. The van der Waals surface area contributed by atoms with Crippen molar-refractivity contribution < 1.29 is 13.9 Å². The molecule has 1 aliphatic rings. The number of nitrogens with zero attached hydrogens (tertiary/aromatic N) is 1. The summed E-state index contributed by atoms with van der Waals surface area (Å²) in [5.74, 6) is 0.625. The third-order valence-corrected chi connectivity index (χ3v) is 6.27. The van der Waals surface area contributed by atoms with Gasteiger partial charge in [0.25, 0.3) is 0 Å². The molecule has 4 nitrogen and oxygen atoms in total. The van der Waals surface area contributed by atoms with E-state index in [1.807, 2.05) is 48.5 Å². The van der Waals surface area contributed by atoms with Crippen molar-refractivity contribution >= 4 is 24.0 Å². The molecule has 1 fully saturated rings. The highest BCUT2D eigenvalue weighted by atomic mass is 35.5. The first kappa shape index (κ1) is 25.7. The highest BCUT2D eigenvalue weighted by Crippen LogP contribution is 2.24. The largest absolute Gasteiger partial charge is 0.489 e. The Hall–Kier alpha value is -2.89. The van der Waals surface area contributed by atoms with Gasteiger partial charge >= 0.3 is 0 Å². The molecule has 34 heavy (non-hydrogen) atoms. The van der Waals surface area contributed by atoms with Crippen LogP contribution in [0.1, 0.15) is 32.3 Å². The summed E-state index contributed by atoms with van der Waals surface area (Å²) in [6.45, 7) is 6.77. The molecule has 0 radical (unpaired) electrons. The van der Waals surface area contributed by atoms with Crippen molar-refractivity contribution in [3.8, 4) is 16.9 Å². The van der Waals surface area contributed by atoms with E-state index in [4.69, 9.17) is 4.74 Å². The van der Waals surface area contributed by atoms with E-state index in [1.165, 1.54) is 12.1 Å². The molecule has 0 saturated carbocycles. The van der Waals surface area contributed by atoms with Crippen LogP contribution < -0.4 is 10.1 Å². The molecule has 0 spiro atoms. The van der Waals surface area contributed by atoms with Crippen LogP contribution in [0.4, 0.5) is 10.1 Å². The predicted octanol–water partition coefficient (Wildman–Crippen LogP) is 6.55. The SMILES string of the molecule is CC(C)N1CCC(C(=O)Nc2cccc(OCc3ccc(-c4ccc(F)cc4)cc3)c2)CC1.Cl. The number of carbonyl (C=O) groups excluding carboxylic acids is 1. The highest BCUT2D eigenvalue weighted by molar-refractivity contribution is 5.92. The fourth-order valence-electron chi connectivity index (χ4n) is 4.19. The first-order valence-corrected chi connectivity index (χ1v) is 11.6. The van der Waals surface area contributed by atoms with Gasteiger partial charge in [0, 0.05) is 23.7 Å². The van der Waals surface area contributed by atoms with Gasteiger partial charge in [-0.15, -0.1) is 12.4 Å². The Morgan fingerprint density at radius 1 is 1.00 bits per heavy atom. The van der Waals surface area contributed by atoms with Crippen LogP contribution in [-0.4, -0.2) is 29.9 Å². The molecular weight excluding hydrogens is 451 g/mol. The average Bonchev–Trinajstić information content (AvgIpc) is 2.84. The van der Waals surface area contributed by atoms with Crippen LogP contribution in [0, 0.1) is 11.7 Å². The van der Waals surface area contributed by atoms with Crippen molar-refractivity contribution in [3.63, 3.8) is 0 Å². The lowest BCUT2D eigenvalue weighted by molar-refractivity contribution is -0.121. The molecule has 0 unspecified atom stereocenters. The van der Waals surface area contributed by atoms with Gasteiger partial charge in [-0.25, -0.2) is 4.39 Å². The minimum atomic E-state index is -0.237. The summed E-state index contributed by atoms with van der Waals surface area (Å²) in [5.41, 5.74) is 3.80. The van der Waals surface area contributed by atoms with Crippen molar-refractivity contribution in [2.45, 2.75) is 39.3 Å². The lowest BCUT2D eigenvalue weighted by atomic mass is 9.95. The number of anilines is 1. The van der Waals surface area contributed by atoms with Gasteiger partial charge in [-0.1, -0.05) is 42.5 Å². The number of nitrogens with one attached hydrogen (secondary N) is 1. The molecule has 1 heterocycles. The van der Waals surface area contributed by atoms with E-state index in [2.05, 4.69) is 24.1 Å². The molecule has 3 aromatic rings. The maximum absolute atomic E-state index is 13.1. The Morgan fingerprint density at radius 3 is 2.24 bits per heavy atom. The maximum Gasteiger partial charge on any atom is 0.227 e. The van der Waals surface area contributed by atoms with E-state index in [-0.39, 0.29) is 30.0 Å². The van der Waals surface area contributed by atoms with E-state index in [9.17, 15) is 9.18 Å². The summed E-state index contributed by atoms with van der Waals surface area (Å²) < 4.78 is 19.1. The van der Waals surface area contributed by atoms with E-state index < -0.39 is 0 Å². The monoisotopic (exact) mass is 482 g/mol. The van der Waals surface area contributed by atoms with Crippen LogP contribution in [0.2, 0.25) is 0 Å². The molecule has 1 aliphatic heterocycles. The number of likely N-dealkylation sites (tertiary alicyclic amines) is 1. The lowest BCUT2D eigenvalue weighted by Crippen LogP contribution is -2.41. The fraction of sp³-hybridized carbons (Fsp3) is 0.321. The van der Waals surface area contributed by atoms with Gasteiger partial charge in [0.05, 0.1) is 0 Å². The van der Waals surface area contributed by atoms with Crippen LogP contribution in [0.15, 0.2) is 72.8 Å². The number of carbonyl (C=O) groups is 1. The predicted molar refractivity (Wildman–Crippen MR) is 138 cm³/mol. The second-order valence-corrected chi connectivity index (χ2v) is 8.91. The maximum atomic E-state index is 13.1. The van der Waals surface area contributed by atoms with Gasteiger partial charge in [0.15, 0.2) is 0 Å². The number of rotatable bonds is 7. The summed E-state index contributed by atoms with van der Waals surface area (Å²) in [5, 5.41) is 3.06. The fourth-order valence-corrected chi connectivity index (χ4v) is 4.19. The van der Waals surface area contributed by atoms with Crippen LogP contribution in [0.5, 0.6) is 5.75 Å². The molecule has 4 rings (SSSR count). The summed E-state index contributed by atoms with van der Waals surface area (Å²) in [6.07, 6.45) is 1.79. The average molecular weight is 483 g/mol. The summed E-state index contributed by atoms with van der Waals surface area (Å²) in [4.78, 5) is 15.1. The van der Waals surface area contributed by atoms with Crippen LogP contribution in [-0.2, 0) is 11.4 Å². The minimum absolute atomic E-state index is 0. The topological polar surface area (TPSA) is 41.6 Å². The van der Waals surface area contributed by atoms with Gasteiger partial charge < -0.3 is 15.0 Å². The zero-order valence-electron chi connectivity index (χ0n) is 19.7. The molecule has 0 atom stereocenters. The quantitative estimate of drug-likeness (QED) is 0.415. The Bertz CT molecular complexity index is 1060. The Labute approximate surface area is 207 Å². The summed E-state index contributed by atoms with van der Waals surface area (Å²) >= 11 is 0. The van der Waals surface area contributed by atoms with Gasteiger partial charge in [0.1, 0.15) is 18.2 Å². The molecule has 0 aromatic heterocycles. The minimum Gasteiger partial charge on any atom is -0.489 e. The van der Waals surface area contributed by atoms with Gasteiger partial charge in [-0.05, 0) is 80.7 Å². The zero-order chi connectivity index (χ0) is 23.2. The number of hydrogen-bond acceptors (Lipinski definition) is 3. The van der Waals surface area contributed by atoms with Crippen molar-refractivity contribution in [3.05, 3.63) is 84.2 Å². The van der Waals surface area contributed by atoms with Crippen molar-refractivity contribution in [2.75, 3.05) is 18.4 Å². The third kappa shape index (κ3) is 6.81. The van der Waals surface area contributed by atoms with Gasteiger partial charge in [0.2, 0.25) is 5.91 Å². The molecule has 0 bridgehead atoms. The first-order chi connectivity index (χ1) is 16.0. The van der Waals surface area contributed by atoms with Crippen LogP contribution >= 0.6 is 12.4 Å². The van der Waals surface area contributed by atoms with Crippen molar-refractivity contribution in [2.24, 2.45) is 5.92 Å². The van der Waals surface area contributed by atoms with E-state index >= 15 is 0 Å². The summed E-state index contributed by atoms with van der Waals surface area (Å²) in [7, 11) is 0. The second kappa shape index (κ2) is 12.0. The van der Waals surface area contributed by atoms with E-state index in [0.29, 0.717) is 18.4 Å². The lowest BCUT2D eigenvalue weighted by Gasteiger charge is -2.33. The number of hydrogen-bond donors (Lipinski definition) is 1. The summed E-state index contributed by atoms with van der Waals surface area (Å²) in [6, 6.07) is 22.6. The number of piperidine rings is 1.